The van der Waals surface area contributed by atoms with Crippen LogP contribution in [-0.2, 0) is 6.42 Å². The number of hydrogen-bond donors (Lipinski definition) is 0. The molecule has 0 radical (unpaired) electrons. The van der Waals surface area contributed by atoms with Crippen molar-refractivity contribution in [3.05, 3.63) is 82.9 Å². The fraction of sp³-hybridized carbons (Fsp3) is 0.0526. The van der Waals surface area contributed by atoms with E-state index in [1.165, 1.54) is 33.4 Å². The van der Waals surface area contributed by atoms with Crippen molar-refractivity contribution in [3.8, 4) is 22.3 Å². The van der Waals surface area contributed by atoms with E-state index in [-0.39, 0.29) is 0 Å². The van der Waals surface area contributed by atoms with Gasteiger partial charge in [-0.3, -0.25) is 0 Å². The highest BCUT2D eigenvalue weighted by atomic mass is 35.5. The zero-order valence-corrected chi connectivity index (χ0v) is 11.7. The Labute approximate surface area is 123 Å². The van der Waals surface area contributed by atoms with Crippen LogP contribution in [-0.4, -0.2) is 0 Å². The molecule has 3 aromatic rings. The van der Waals surface area contributed by atoms with E-state index in [1.54, 1.807) is 0 Å². The van der Waals surface area contributed by atoms with Crippen molar-refractivity contribution in [2.75, 3.05) is 0 Å². The maximum absolute atomic E-state index is 6.32. The van der Waals surface area contributed by atoms with Gasteiger partial charge in [-0.15, -0.1) is 0 Å². The lowest BCUT2D eigenvalue weighted by Gasteiger charge is -2.05. The number of benzene rings is 3. The lowest BCUT2D eigenvalue weighted by molar-refractivity contribution is 1.26. The normalized spacial score (nSPS) is 12.1. The molecule has 0 heterocycles. The quantitative estimate of drug-likeness (QED) is 0.426. The molecule has 4 rings (SSSR count). The largest absolute Gasteiger partial charge is 0.0840 e. The Kier molecular flexibility index (Phi) is 2.64. The van der Waals surface area contributed by atoms with Crippen molar-refractivity contribution in [1.82, 2.24) is 0 Å². The van der Waals surface area contributed by atoms with Crippen LogP contribution >= 0.6 is 11.6 Å². The molecule has 0 bridgehead atoms. The van der Waals surface area contributed by atoms with Crippen LogP contribution in [0.25, 0.3) is 22.3 Å². The summed E-state index contributed by atoms with van der Waals surface area (Å²) < 4.78 is 0. The predicted molar refractivity (Wildman–Crippen MR) is 85.1 cm³/mol. The first-order valence-corrected chi connectivity index (χ1v) is 7.17. The van der Waals surface area contributed by atoms with Crippen LogP contribution in [0.3, 0.4) is 0 Å². The van der Waals surface area contributed by atoms with E-state index in [0.717, 1.165) is 11.4 Å². The fourth-order valence-electron chi connectivity index (χ4n) is 2.99. The van der Waals surface area contributed by atoms with Gasteiger partial charge in [-0.1, -0.05) is 72.3 Å². The summed E-state index contributed by atoms with van der Waals surface area (Å²) in [6.45, 7) is 0. The summed E-state index contributed by atoms with van der Waals surface area (Å²) in [4.78, 5) is 0. The Morgan fingerprint density at radius 3 is 2.40 bits per heavy atom. The molecule has 3 aromatic carbocycles. The molecule has 20 heavy (non-hydrogen) atoms. The van der Waals surface area contributed by atoms with E-state index >= 15 is 0 Å². The van der Waals surface area contributed by atoms with Crippen LogP contribution < -0.4 is 0 Å². The average molecular weight is 277 g/mol. The maximum Gasteiger partial charge on any atom is 0.0447 e. The molecular weight excluding hydrogens is 264 g/mol. The van der Waals surface area contributed by atoms with Gasteiger partial charge in [0.25, 0.3) is 0 Å². The molecule has 0 saturated heterocycles. The van der Waals surface area contributed by atoms with Crippen LogP contribution in [0.4, 0.5) is 0 Å². The van der Waals surface area contributed by atoms with Gasteiger partial charge < -0.3 is 0 Å². The topological polar surface area (TPSA) is 0 Å². The van der Waals surface area contributed by atoms with Crippen molar-refractivity contribution in [3.63, 3.8) is 0 Å². The average Bonchev–Trinajstić information content (AvgIpc) is 2.87. The Balaban J connectivity index is 1.85. The van der Waals surface area contributed by atoms with Crippen molar-refractivity contribution in [2.24, 2.45) is 0 Å². The number of rotatable bonds is 1. The Hall–Kier alpha value is -2.05. The molecule has 0 atom stereocenters. The van der Waals surface area contributed by atoms with Gasteiger partial charge >= 0.3 is 0 Å². The second-order valence-electron chi connectivity index (χ2n) is 5.18. The van der Waals surface area contributed by atoms with E-state index in [4.69, 9.17) is 11.6 Å². The summed E-state index contributed by atoms with van der Waals surface area (Å²) in [6.07, 6.45) is 0.936. The van der Waals surface area contributed by atoms with Crippen LogP contribution in [0.2, 0.25) is 5.02 Å². The van der Waals surface area contributed by atoms with Crippen molar-refractivity contribution < 1.29 is 0 Å². The third-order valence-corrected chi connectivity index (χ3v) is 4.34. The van der Waals surface area contributed by atoms with Gasteiger partial charge in [0.1, 0.15) is 0 Å². The lowest BCUT2D eigenvalue weighted by atomic mass is 9.99. The highest BCUT2D eigenvalue weighted by Crippen LogP contribution is 2.41. The van der Waals surface area contributed by atoms with Gasteiger partial charge in [0.2, 0.25) is 0 Å². The highest BCUT2D eigenvalue weighted by molar-refractivity contribution is 6.32. The summed E-state index contributed by atoms with van der Waals surface area (Å²) in [5.41, 5.74) is 7.77. The Bertz CT molecular complexity index is 788. The molecule has 1 aliphatic carbocycles. The maximum atomic E-state index is 6.32. The Morgan fingerprint density at radius 1 is 0.700 bits per heavy atom. The summed E-state index contributed by atoms with van der Waals surface area (Å²) in [6, 6.07) is 23.4. The Morgan fingerprint density at radius 2 is 1.55 bits per heavy atom. The molecule has 1 aliphatic rings. The minimum atomic E-state index is 0.875. The SMILES string of the molecule is Clc1cccc2c1Cc1cc(-c3ccccc3)ccc1-2. The molecule has 0 unspecified atom stereocenters. The van der Waals surface area contributed by atoms with Crippen molar-refractivity contribution >= 4 is 11.6 Å². The third kappa shape index (κ3) is 1.76. The first kappa shape index (κ1) is 11.7. The molecule has 0 nitrogen and oxygen atoms in total. The van der Waals surface area contributed by atoms with Gasteiger partial charge in [0, 0.05) is 11.4 Å². The molecule has 0 spiro atoms. The first-order chi connectivity index (χ1) is 9.83. The molecule has 0 fully saturated rings. The van der Waals surface area contributed by atoms with E-state index in [1.807, 2.05) is 18.2 Å². The fourth-order valence-corrected chi connectivity index (χ4v) is 3.24. The molecule has 96 valence electrons. The van der Waals surface area contributed by atoms with E-state index in [9.17, 15) is 0 Å². The summed E-state index contributed by atoms with van der Waals surface area (Å²) >= 11 is 6.32. The van der Waals surface area contributed by atoms with Crippen LogP contribution in [0.1, 0.15) is 11.1 Å². The second kappa shape index (κ2) is 4.50. The van der Waals surface area contributed by atoms with E-state index in [2.05, 4.69) is 48.5 Å². The van der Waals surface area contributed by atoms with E-state index < -0.39 is 0 Å². The van der Waals surface area contributed by atoms with Crippen LogP contribution in [0, 0.1) is 0 Å². The van der Waals surface area contributed by atoms with Gasteiger partial charge in [-0.25, -0.2) is 0 Å². The summed E-state index contributed by atoms with van der Waals surface area (Å²) in [7, 11) is 0. The van der Waals surface area contributed by atoms with E-state index in [0.29, 0.717) is 0 Å². The highest BCUT2D eigenvalue weighted by Gasteiger charge is 2.20. The number of fused-ring (bicyclic) bond motifs is 3. The van der Waals surface area contributed by atoms with Gasteiger partial charge in [-0.05, 0) is 39.4 Å². The van der Waals surface area contributed by atoms with Gasteiger partial charge in [0.05, 0.1) is 0 Å². The van der Waals surface area contributed by atoms with Crippen LogP contribution in [0.15, 0.2) is 66.7 Å². The number of hydrogen-bond acceptors (Lipinski definition) is 0. The first-order valence-electron chi connectivity index (χ1n) is 6.79. The minimum absolute atomic E-state index is 0.875. The minimum Gasteiger partial charge on any atom is -0.0840 e. The zero-order valence-electron chi connectivity index (χ0n) is 10.9. The molecule has 0 N–H and O–H groups in total. The molecule has 0 aliphatic heterocycles. The van der Waals surface area contributed by atoms with Crippen LogP contribution in [0.5, 0.6) is 0 Å². The van der Waals surface area contributed by atoms with Gasteiger partial charge in [0.15, 0.2) is 0 Å². The van der Waals surface area contributed by atoms with Crippen molar-refractivity contribution in [1.29, 1.82) is 0 Å². The predicted octanol–water partition coefficient (Wildman–Crippen LogP) is 5.58. The lowest BCUT2D eigenvalue weighted by Crippen LogP contribution is -1.83. The smallest absolute Gasteiger partial charge is 0.0447 e. The molecule has 0 aromatic heterocycles. The zero-order chi connectivity index (χ0) is 13.5. The second-order valence-corrected chi connectivity index (χ2v) is 5.59. The summed E-state index contributed by atoms with van der Waals surface area (Å²) in [5, 5.41) is 0.875. The van der Waals surface area contributed by atoms with Gasteiger partial charge in [-0.2, -0.15) is 0 Å². The standard InChI is InChI=1S/C19H13Cl/c20-19-8-4-7-17-16-10-9-14(11-15(16)12-18(17)19)13-5-2-1-3-6-13/h1-11H,12H2. The molecule has 0 amide bonds. The third-order valence-electron chi connectivity index (χ3n) is 3.99. The molecule has 0 saturated carbocycles. The summed E-state index contributed by atoms with van der Waals surface area (Å²) in [5.74, 6) is 0. The number of halogens is 1. The van der Waals surface area contributed by atoms with Crippen molar-refractivity contribution in [2.45, 2.75) is 6.42 Å². The monoisotopic (exact) mass is 276 g/mol. The molecular formula is C19H13Cl. The molecule has 1 heteroatoms.